The highest BCUT2D eigenvalue weighted by Crippen LogP contribution is 2.41. The van der Waals surface area contributed by atoms with E-state index in [4.69, 9.17) is 4.74 Å². The summed E-state index contributed by atoms with van der Waals surface area (Å²) >= 11 is 0. The van der Waals surface area contributed by atoms with E-state index in [1.54, 1.807) is 19.9 Å². The number of rotatable bonds is 7. The van der Waals surface area contributed by atoms with Gasteiger partial charge in [-0.3, -0.25) is 9.59 Å². The highest BCUT2D eigenvalue weighted by Gasteiger charge is 2.31. The molecule has 0 unspecified atom stereocenters. The van der Waals surface area contributed by atoms with Gasteiger partial charge in [0.25, 0.3) is 5.91 Å². The van der Waals surface area contributed by atoms with Crippen LogP contribution in [0.2, 0.25) is 0 Å². The number of carboxylic acids is 1. The maximum absolute atomic E-state index is 13.0. The average Bonchev–Trinajstić information content (AvgIpc) is 3.29. The zero-order valence-corrected chi connectivity index (χ0v) is 18.9. The van der Waals surface area contributed by atoms with Gasteiger partial charge in [0.15, 0.2) is 0 Å². The first kappa shape index (κ1) is 22.8. The minimum atomic E-state index is -0.927. The van der Waals surface area contributed by atoms with Gasteiger partial charge >= 0.3 is 11.9 Å². The molecule has 2 aromatic rings. The number of amides is 1. The fraction of sp³-hybridized carbons (Fsp3) is 0.400. The number of aromatic nitrogens is 1. The van der Waals surface area contributed by atoms with Crippen LogP contribution < -0.4 is 10.6 Å². The zero-order valence-electron chi connectivity index (χ0n) is 18.9. The van der Waals surface area contributed by atoms with Crippen LogP contribution in [-0.2, 0) is 20.7 Å². The van der Waals surface area contributed by atoms with Crippen molar-refractivity contribution >= 4 is 35.2 Å². The molecule has 1 saturated heterocycles. The monoisotopic (exact) mass is 451 g/mol. The van der Waals surface area contributed by atoms with E-state index < -0.39 is 11.9 Å². The fourth-order valence-electron chi connectivity index (χ4n) is 4.77. The first-order valence-electron chi connectivity index (χ1n) is 11.4. The highest BCUT2D eigenvalue weighted by molar-refractivity contribution is 6.35. The molecule has 1 amide bonds. The van der Waals surface area contributed by atoms with E-state index in [0.29, 0.717) is 28.3 Å². The third-order valence-electron chi connectivity index (χ3n) is 6.41. The third kappa shape index (κ3) is 4.57. The standard InChI is InChI=1S/C25H29N3O5/c1-3-33-25(32)23-14(2)16(7-8-21(29)30)20(27-23)13-18-22-17(15-9-11-26-12-10-15)5-4-6-19(22)28-24(18)31/h4-6,13,15,26-27H,3,7-12H2,1-2H3,(H,28,31)(H,29,30)/b18-13-. The van der Waals surface area contributed by atoms with E-state index in [-0.39, 0.29) is 31.0 Å². The molecule has 4 N–H and O–H groups in total. The Balaban J connectivity index is 1.81. The average molecular weight is 452 g/mol. The molecule has 1 aromatic carbocycles. The minimum absolute atomic E-state index is 0.0831. The second kappa shape index (κ2) is 9.62. The smallest absolute Gasteiger partial charge is 0.355 e. The number of hydrogen-bond acceptors (Lipinski definition) is 5. The van der Waals surface area contributed by atoms with Crippen LogP contribution in [-0.4, -0.2) is 47.6 Å². The van der Waals surface area contributed by atoms with Gasteiger partial charge in [-0.15, -0.1) is 0 Å². The lowest BCUT2D eigenvalue weighted by Crippen LogP contribution is -2.27. The molecule has 0 aliphatic carbocycles. The molecule has 3 heterocycles. The lowest BCUT2D eigenvalue weighted by atomic mass is 9.85. The summed E-state index contributed by atoms with van der Waals surface area (Å²) in [7, 11) is 0. The molecule has 174 valence electrons. The summed E-state index contributed by atoms with van der Waals surface area (Å²) in [6.07, 6.45) is 3.90. The van der Waals surface area contributed by atoms with Crippen molar-refractivity contribution in [3.8, 4) is 0 Å². The van der Waals surface area contributed by atoms with Gasteiger partial charge in [0.05, 0.1) is 12.2 Å². The minimum Gasteiger partial charge on any atom is -0.481 e. The number of carbonyl (C=O) groups excluding carboxylic acids is 2. The molecular weight excluding hydrogens is 422 g/mol. The lowest BCUT2D eigenvalue weighted by molar-refractivity contribution is -0.137. The Morgan fingerprint density at radius 2 is 2.00 bits per heavy atom. The van der Waals surface area contributed by atoms with Crippen molar-refractivity contribution in [2.45, 2.75) is 45.4 Å². The van der Waals surface area contributed by atoms with Gasteiger partial charge < -0.3 is 25.5 Å². The van der Waals surface area contributed by atoms with E-state index in [1.807, 2.05) is 12.1 Å². The summed E-state index contributed by atoms with van der Waals surface area (Å²) in [6.45, 7) is 5.60. The molecule has 8 nitrogen and oxygen atoms in total. The molecule has 1 fully saturated rings. The van der Waals surface area contributed by atoms with E-state index in [0.717, 1.165) is 42.7 Å². The number of carboxylic acid groups (broad SMARTS) is 1. The second-order valence-electron chi connectivity index (χ2n) is 8.44. The quantitative estimate of drug-likeness (QED) is 0.378. The summed E-state index contributed by atoms with van der Waals surface area (Å²) in [4.78, 5) is 39.8. The number of aromatic amines is 1. The predicted octanol–water partition coefficient (Wildman–Crippen LogP) is 3.48. The summed E-state index contributed by atoms with van der Waals surface area (Å²) in [5.74, 6) is -1.28. The molecule has 2 aliphatic rings. The number of ether oxygens (including phenoxy) is 1. The lowest BCUT2D eigenvalue weighted by Gasteiger charge is -2.25. The first-order valence-corrected chi connectivity index (χ1v) is 11.4. The Hall–Kier alpha value is -3.39. The van der Waals surface area contributed by atoms with Gasteiger partial charge in [-0.05, 0) is 81.0 Å². The maximum atomic E-state index is 13.0. The number of aliphatic carboxylic acids is 1. The zero-order chi connectivity index (χ0) is 23.5. The molecular formula is C25H29N3O5. The number of piperidine rings is 1. The molecule has 8 heteroatoms. The topological polar surface area (TPSA) is 121 Å². The van der Waals surface area contributed by atoms with Crippen molar-refractivity contribution in [1.82, 2.24) is 10.3 Å². The normalized spacial score (nSPS) is 17.2. The van der Waals surface area contributed by atoms with Crippen molar-refractivity contribution in [1.29, 1.82) is 0 Å². The van der Waals surface area contributed by atoms with E-state index in [1.165, 1.54) is 0 Å². The number of fused-ring (bicyclic) bond motifs is 1. The second-order valence-corrected chi connectivity index (χ2v) is 8.44. The number of hydrogen-bond donors (Lipinski definition) is 4. The number of esters is 1. The molecule has 0 saturated carbocycles. The molecule has 0 radical (unpaired) electrons. The first-order chi connectivity index (χ1) is 15.9. The summed E-state index contributed by atoms with van der Waals surface area (Å²) in [5, 5.41) is 15.5. The van der Waals surface area contributed by atoms with Crippen LogP contribution in [0, 0.1) is 6.92 Å². The molecule has 33 heavy (non-hydrogen) atoms. The highest BCUT2D eigenvalue weighted by atomic mass is 16.5. The Kier molecular flexibility index (Phi) is 6.65. The Morgan fingerprint density at radius 1 is 1.24 bits per heavy atom. The van der Waals surface area contributed by atoms with E-state index in [9.17, 15) is 19.5 Å². The van der Waals surface area contributed by atoms with Crippen LogP contribution in [0.3, 0.4) is 0 Å². The Bertz CT molecular complexity index is 1130. The van der Waals surface area contributed by atoms with Crippen molar-refractivity contribution < 1.29 is 24.2 Å². The van der Waals surface area contributed by atoms with Crippen molar-refractivity contribution in [2.75, 3.05) is 25.0 Å². The van der Waals surface area contributed by atoms with Crippen molar-refractivity contribution in [3.63, 3.8) is 0 Å². The Labute approximate surface area is 192 Å². The Morgan fingerprint density at radius 3 is 2.70 bits per heavy atom. The summed E-state index contributed by atoms with van der Waals surface area (Å²) in [5.41, 5.74) is 5.53. The predicted molar refractivity (Wildman–Crippen MR) is 125 cm³/mol. The van der Waals surface area contributed by atoms with Crippen LogP contribution in [0.4, 0.5) is 5.69 Å². The van der Waals surface area contributed by atoms with Gasteiger partial charge in [0.1, 0.15) is 5.69 Å². The van der Waals surface area contributed by atoms with Crippen LogP contribution in [0.5, 0.6) is 0 Å². The number of H-pyrrole nitrogens is 1. The molecule has 0 bridgehead atoms. The largest absolute Gasteiger partial charge is 0.481 e. The van der Waals surface area contributed by atoms with E-state index in [2.05, 4.69) is 21.7 Å². The maximum Gasteiger partial charge on any atom is 0.355 e. The number of nitrogens with one attached hydrogen (secondary N) is 3. The van der Waals surface area contributed by atoms with Gasteiger partial charge in [0, 0.05) is 23.4 Å². The molecule has 4 rings (SSSR count). The summed E-state index contributed by atoms with van der Waals surface area (Å²) < 4.78 is 5.16. The van der Waals surface area contributed by atoms with Gasteiger partial charge in [-0.2, -0.15) is 0 Å². The van der Waals surface area contributed by atoms with Crippen molar-refractivity contribution in [3.05, 3.63) is 51.8 Å². The summed E-state index contributed by atoms with van der Waals surface area (Å²) in [6, 6.07) is 5.95. The van der Waals surface area contributed by atoms with Gasteiger partial charge in [0.2, 0.25) is 0 Å². The molecule has 0 spiro atoms. The van der Waals surface area contributed by atoms with Crippen LogP contribution in [0.1, 0.15) is 70.5 Å². The number of carbonyl (C=O) groups is 3. The fourth-order valence-corrected chi connectivity index (χ4v) is 4.77. The SMILES string of the molecule is CCOC(=O)c1[nH]c(/C=C2\C(=O)Nc3cccc(C4CCNCC4)c32)c(CCC(=O)O)c1C. The third-order valence-corrected chi connectivity index (χ3v) is 6.41. The van der Waals surface area contributed by atoms with E-state index >= 15 is 0 Å². The number of benzene rings is 1. The molecule has 1 aromatic heterocycles. The molecule has 2 aliphatic heterocycles. The number of anilines is 1. The van der Waals surface area contributed by atoms with Crippen molar-refractivity contribution in [2.24, 2.45) is 0 Å². The van der Waals surface area contributed by atoms with Gasteiger partial charge in [-0.25, -0.2) is 4.79 Å². The van der Waals surface area contributed by atoms with Crippen LogP contribution in [0.15, 0.2) is 18.2 Å². The van der Waals surface area contributed by atoms with Gasteiger partial charge in [-0.1, -0.05) is 12.1 Å². The molecule has 0 atom stereocenters. The van der Waals surface area contributed by atoms with Crippen LogP contribution >= 0.6 is 0 Å². The van der Waals surface area contributed by atoms with Crippen LogP contribution in [0.25, 0.3) is 11.6 Å².